The van der Waals surface area contributed by atoms with E-state index in [0.29, 0.717) is 5.41 Å². The van der Waals surface area contributed by atoms with E-state index in [-0.39, 0.29) is 0 Å². The summed E-state index contributed by atoms with van der Waals surface area (Å²) in [6.45, 7) is 55.9. The van der Waals surface area contributed by atoms with Crippen molar-refractivity contribution in [3.8, 4) is 0 Å². The van der Waals surface area contributed by atoms with Crippen molar-refractivity contribution in [1.29, 1.82) is 0 Å². The predicted molar refractivity (Wildman–Crippen MR) is 238 cm³/mol. The van der Waals surface area contributed by atoms with Crippen LogP contribution in [0.5, 0.6) is 0 Å². The number of rotatable bonds is 9. The summed E-state index contributed by atoms with van der Waals surface area (Å²) in [7, 11) is 0. The standard InChI is InChI=1S/C18H34.C11H24.C5H12.6C2H6.C2H4/c1-13-7-6-8-14(2)17(13)15-9-11-16(12-10-15)18(3,4)5;1-4-6-7-8-10-11(3)9-5-2;1-4-5(2)3;7*1-2/h13-17H,6-12H2,1-5H3;11H,4-10H2,1-3H3;5H,4H2,1-3H3;6*1-2H3;1-2H2. The number of unbranched alkanes of at least 4 members (excludes halogenated alkanes) is 3. The summed E-state index contributed by atoms with van der Waals surface area (Å²) in [4.78, 5) is 0. The van der Waals surface area contributed by atoms with Crippen LogP contribution in [0.25, 0.3) is 0 Å². The Kier molecular flexibility index (Phi) is 77.2. The molecule has 3 atom stereocenters. The van der Waals surface area contributed by atoms with Gasteiger partial charge in [-0.3, -0.25) is 0 Å². The van der Waals surface area contributed by atoms with Gasteiger partial charge >= 0.3 is 0 Å². The molecule has 0 saturated heterocycles. The molecule has 48 heavy (non-hydrogen) atoms. The van der Waals surface area contributed by atoms with E-state index in [2.05, 4.69) is 89.3 Å². The van der Waals surface area contributed by atoms with Crippen molar-refractivity contribution in [2.24, 2.45) is 46.8 Å². The number of hydrogen-bond donors (Lipinski definition) is 0. The van der Waals surface area contributed by atoms with Crippen LogP contribution in [0.2, 0.25) is 0 Å². The molecule has 2 aliphatic rings. The molecule has 2 rings (SSSR count). The maximum absolute atomic E-state index is 3.00. The van der Waals surface area contributed by atoms with E-state index in [1.54, 1.807) is 0 Å². The Morgan fingerprint density at radius 1 is 0.542 bits per heavy atom. The zero-order valence-corrected chi connectivity index (χ0v) is 39.6. The van der Waals surface area contributed by atoms with Gasteiger partial charge in [0.05, 0.1) is 0 Å². The van der Waals surface area contributed by atoms with Crippen LogP contribution in [0.3, 0.4) is 0 Å². The molecule has 0 aromatic rings. The van der Waals surface area contributed by atoms with E-state index in [1.165, 1.54) is 96.3 Å². The highest BCUT2D eigenvalue weighted by atomic mass is 14.4. The fraction of sp³-hybridized carbons (Fsp3) is 0.958. The molecule has 2 fully saturated rings. The zero-order chi connectivity index (χ0) is 40.1. The van der Waals surface area contributed by atoms with Crippen molar-refractivity contribution in [2.45, 2.75) is 256 Å². The number of hydrogen-bond acceptors (Lipinski definition) is 0. The minimum absolute atomic E-state index is 0.536. The quantitative estimate of drug-likeness (QED) is 0.167. The molecule has 0 nitrogen and oxygen atoms in total. The lowest BCUT2D eigenvalue weighted by molar-refractivity contribution is 0.0547. The summed E-state index contributed by atoms with van der Waals surface area (Å²) in [6.07, 6.45) is 21.7. The van der Waals surface area contributed by atoms with Gasteiger partial charge in [-0.25, -0.2) is 0 Å². The van der Waals surface area contributed by atoms with Crippen LogP contribution in [-0.4, -0.2) is 0 Å². The molecule has 0 bridgehead atoms. The van der Waals surface area contributed by atoms with Gasteiger partial charge in [-0.05, 0) is 72.5 Å². The first-order valence-electron chi connectivity index (χ1n) is 22.5. The first-order valence-corrected chi connectivity index (χ1v) is 22.5. The largest absolute Gasteiger partial charge is 0.106 e. The van der Waals surface area contributed by atoms with E-state index in [9.17, 15) is 0 Å². The smallest absolute Gasteiger partial charge is 0.0334 e. The highest BCUT2D eigenvalue weighted by molar-refractivity contribution is 4.88. The van der Waals surface area contributed by atoms with Crippen LogP contribution in [0, 0.1) is 46.8 Å². The van der Waals surface area contributed by atoms with Crippen LogP contribution in [0.1, 0.15) is 256 Å². The van der Waals surface area contributed by atoms with Crippen LogP contribution >= 0.6 is 0 Å². The molecule has 0 radical (unpaired) electrons. The molecular weight excluding hydrogens is 577 g/mol. The average molecular weight is 687 g/mol. The highest BCUT2D eigenvalue weighted by Crippen LogP contribution is 2.48. The van der Waals surface area contributed by atoms with Crippen molar-refractivity contribution in [2.75, 3.05) is 0 Å². The molecule has 2 saturated carbocycles. The van der Waals surface area contributed by atoms with Crippen molar-refractivity contribution in [1.82, 2.24) is 0 Å². The lowest BCUT2D eigenvalue weighted by Crippen LogP contribution is -2.35. The minimum Gasteiger partial charge on any atom is -0.106 e. The molecule has 2 aliphatic carbocycles. The first-order chi connectivity index (χ1) is 23.0. The zero-order valence-electron chi connectivity index (χ0n) is 39.6. The molecule has 302 valence electrons. The van der Waals surface area contributed by atoms with Crippen molar-refractivity contribution in [3.63, 3.8) is 0 Å². The Morgan fingerprint density at radius 3 is 1.21 bits per heavy atom. The summed E-state index contributed by atoms with van der Waals surface area (Å²) in [5, 5.41) is 0. The van der Waals surface area contributed by atoms with Gasteiger partial charge in [0.15, 0.2) is 0 Å². The second kappa shape index (κ2) is 56.1. The third-order valence-corrected chi connectivity index (χ3v) is 9.32. The van der Waals surface area contributed by atoms with Gasteiger partial charge in [0.2, 0.25) is 0 Å². The Bertz CT molecular complexity index is 437. The fourth-order valence-electron chi connectivity index (χ4n) is 6.56. The van der Waals surface area contributed by atoms with Crippen molar-refractivity contribution >= 4 is 0 Å². The van der Waals surface area contributed by atoms with Crippen LogP contribution < -0.4 is 0 Å². The molecule has 0 amide bonds. The topological polar surface area (TPSA) is 0 Å². The lowest BCUT2D eigenvalue weighted by Gasteiger charge is -2.45. The molecule has 0 spiro atoms. The van der Waals surface area contributed by atoms with Gasteiger partial charge in [0.25, 0.3) is 0 Å². The molecular formula is C48H110. The third-order valence-electron chi connectivity index (χ3n) is 9.32. The molecule has 0 heterocycles. The summed E-state index contributed by atoms with van der Waals surface area (Å²) in [6, 6.07) is 0. The van der Waals surface area contributed by atoms with Gasteiger partial charge < -0.3 is 0 Å². The molecule has 0 aliphatic heterocycles. The third kappa shape index (κ3) is 45.7. The van der Waals surface area contributed by atoms with Crippen molar-refractivity contribution in [3.05, 3.63) is 13.2 Å². The van der Waals surface area contributed by atoms with Gasteiger partial charge in [-0.2, -0.15) is 0 Å². The van der Waals surface area contributed by atoms with E-state index < -0.39 is 0 Å². The van der Waals surface area contributed by atoms with Gasteiger partial charge in [-0.1, -0.05) is 230 Å². The summed E-state index contributed by atoms with van der Waals surface area (Å²) < 4.78 is 0. The van der Waals surface area contributed by atoms with Gasteiger partial charge in [0.1, 0.15) is 0 Å². The Labute approximate surface area is 314 Å². The summed E-state index contributed by atoms with van der Waals surface area (Å²) in [5.74, 6) is 6.90. The summed E-state index contributed by atoms with van der Waals surface area (Å²) in [5.41, 5.74) is 0.536. The maximum Gasteiger partial charge on any atom is -0.0334 e. The van der Waals surface area contributed by atoms with E-state index in [4.69, 9.17) is 0 Å². The second-order valence-corrected chi connectivity index (χ2v) is 14.0. The van der Waals surface area contributed by atoms with Crippen molar-refractivity contribution < 1.29 is 0 Å². The van der Waals surface area contributed by atoms with Crippen LogP contribution in [0.15, 0.2) is 13.2 Å². The van der Waals surface area contributed by atoms with Crippen LogP contribution in [-0.2, 0) is 0 Å². The monoisotopic (exact) mass is 687 g/mol. The SMILES string of the molecule is C=C.CC.CC.CC.CC.CC.CC.CC1CCCC(C)C1C1CCC(C(C)(C)C)CC1.CCC(C)C.CCCCCCC(C)CCC. The molecule has 0 aromatic heterocycles. The second-order valence-electron chi connectivity index (χ2n) is 14.0. The first kappa shape index (κ1) is 66.0. The molecule has 0 aromatic carbocycles. The molecule has 0 N–H and O–H groups in total. The molecule has 0 heteroatoms. The lowest BCUT2D eigenvalue weighted by atomic mass is 9.61. The molecule has 3 unspecified atom stereocenters. The summed E-state index contributed by atoms with van der Waals surface area (Å²) >= 11 is 0. The maximum atomic E-state index is 3.00. The van der Waals surface area contributed by atoms with E-state index >= 15 is 0 Å². The highest BCUT2D eigenvalue weighted by Gasteiger charge is 2.38. The normalized spacial score (nSPS) is 21.0. The average Bonchev–Trinajstić information content (AvgIpc) is 3.13. The van der Waals surface area contributed by atoms with Crippen LogP contribution in [0.4, 0.5) is 0 Å². The Morgan fingerprint density at radius 2 is 0.917 bits per heavy atom. The Hall–Kier alpha value is -0.260. The minimum atomic E-state index is 0.536. The fourth-order valence-corrected chi connectivity index (χ4v) is 6.56. The Balaban J connectivity index is -0.0000000766. The van der Waals surface area contributed by atoms with E-state index in [1.807, 2.05) is 83.1 Å². The predicted octanol–water partition coefficient (Wildman–Crippen LogP) is 19.3. The van der Waals surface area contributed by atoms with Gasteiger partial charge in [-0.15, -0.1) is 13.2 Å². The van der Waals surface area contributed by atoms with Gasteiger partial charge in [0, 0.05) is 0 Å². The van der Waals surface area contributed by atoms with E-state index in [0.717, 1.165) is 41.4 Å².